The summed E-state index contributed by atoms with van der Waals surface area (Å²) in [5.41, 5.74) is -0.804. The molecule has 1 aromatic rings. The molecule has 2 aliphatic rings. The van der Waals surface area contributed by atoms with Gasteiger partial charge in [0.25, 0.3) is 5.91 Å². The van der Waals surface area contributed by atoms with Crippen molar-refractivity contribution in [1.82, 2.24) is 30.4 Å². The Hall–Kier alpha value is -1.85. The smallest absolute Gasteiger partial charge is 0.322 e. The lowest BCUT2D eigenvalue weighted by atomic mass is 9.79. The van der Waals surface area contributed by atoms with Crippen molar-refractivity contribution in [3.8, 4) is 0 Å². The fraction of sp³-hybridized carbons (Fsp3) is 0.625. The van der Waals surface area contributed by atoms with Crippen LogP contribution in [0.1, 0.15) is 19.8 Å². The molecule has 0 saturated carbocycles. The van der Waals surface area contributed by atoms with Gasteiger partial charge in [-0.1, -0.05) is 0 Å². The van der Waals surface area contributed by atoms with Crippen LogP contribution in [0.15, 0.2) is 23.7 Å². The predicted octanol–water partition coefficient (Wildman–Crippen LogP) is 0.387. The number of amides is 3. The molecule has 1 atom stereocenters. The van der Waals surface area contributed by atoms with Crippen LogP contribution in [0.3, 0.4) is 0 Å². The average Bonchev–Trinajstić information content (AvgIpc) is 3.20. The first-order chi connectivity index (χ1) is 12.0. The van der Waals surface area contributed by atoms with Crippen molar-refractivity contribution in [3.05, 3.63) is 18.7 Å². The summed E-state index contributed by atoms with van der Waals surface area (Å²) >= 11 is 0. The van der Waals surface area contributed by atoms with Crippen LogP contribution in [-0.4, -0.2) is 64.6 Å². The zero-order valence-corrected chi connectivity index (χ0v) is 17.4. The van der Waals surface area contributed by atoms with E-state index in [1.54, 1.807) is 19.6 Å². The molecule has 3 heterocycles. The Labute approximate surface area is 170 Å². The predicted molar refractivity (Wildman–Crippen MR) is 108 cm³/mol. The Bertz CT molecular complexity index is 656. The molecule has 2 aliphatic heterocycles. The molecule has 2 saturated heterocycles. The number of rotatable bonds is 4. The van der Waals surface area contributed by atoms with Crippen molar-refractivity contribution in [2.45, 2.75) is 31.8 Å². The maximum absolute atomic E-state index is 12.1. The van der Waals surface area contributed by atoms with Gasteiger partial charge in [0.2, 0.25) is 0 Å². The van der Waals surface area contributed by atoms with Crippen LogP contribution in [0.25, 0.3) is 0 Å². The number of likely N-dealkylation sites (tertiary alicyclic amines) is 1. The number of hydrogen-bond donors (Lipinski definition) is 3. The highest BCUT2D eigenvalue weighted by Gasteiger charge is 2.48. The molecular weight excluding hydrogens is 449 g/mol. The van der Waals surface area contributed by atoms with Crippen LogP contribution >= 0.6 is 24.0 Å². The Balaban J connectivity index is 0.00000243. The molecule has 26 heavy (non-hydrogen) atoms. The minimum Gasteiger partial charge on any atom is -0.354 e. The maximum atomic E-state index is 12.1. The van der Waals surface area contributed by atoms with E-state index in [-0.39, 0.29) is 35.8 Å². The minimum absolute atomic E-state index is 0. The second-order valence-electron chi connectivity index (χ2n) is 6.65. The van der Waals surface area contributed by atoms with E-state index in [0.717, 1.165) is 45.0 Å². The molecular formula is C16H26IN7O2. The molecule has 10 heteroatoms. The third-order valence-electron chi connectivity index (χ3n) is 5.11. The zero-order valence-electron chi connectivity index (χ0n) is 15.1. The number of piperidine rings is 1. The first-order valence-corrected chi connectivity index (χ1v) is 8.58. The van der Waals surface area contributed by atoms with Gasteiger partial charge in [-0.25, -0.2) is 9.78 Å². The van der Waals surface area contributed by atoms with Gasteiger partial charge in [0.1, 0.15) is 5.54 Å². The summed E-state index contributed by atoms with van der Waals surface area (Å²) in [5, 5.41) is 8.50. The number of hydrogen-bond acceptors (Lipinski definition) is 4. The highest BCUT2D eigenvalue weighted by molar-refractivity contribution is 14.0. The van der Waals surface area contributed by atoms with Crippen LogP contribution < -0.4 is 16.0 Å². The molecule has 1 aromatic heterocycles. The van der Waals surface area contributed by atoms with Crippen molar-refractivity contribution >= 4 is 41.9 Å². The Morgan fingerprint density at radius 1 is 1.42 bits per heavy atom. The van der Waals surface area contributed by atoms with E-state index >= 15 is 0 Å². The summed E-state index contributed by atoms with van der Waals surface area (Å²) in [4.78, 5) is 34.1. The van der Waals surface area contributed by atoms with Gasteiger partial charge in [-0.2, -0.15) is 0 Å². The third kappa shape index (κ3) is 4.27. The minimum atomic E-state index is -0.804. The second kappa shape index (κ2) is 8.69. The third-order valence-corrected chi connectivity index (χ3v) is 5.11. The van der Waals surface area contributed by atoms with Crippen LogP contribution in [0.5, 0.6) is 0 Å². The monoisotopic (exact) mass is 475 g/mol. The maximum Gasteiger partial charge on any atom is 0.322 e. The fourth-order valence-electron chi connectivity index (χ4n) is 3.56. The molecule has 144 valence electrons. The first kappa shape index (κ1) is 20.5. The van der Waals surface area contributed by atoms with E-state index in [0.29, 0.717) is 0 Å². The summed E-state index contributed by atoms with van der Waals surface area (Å²) in [7, 11) is 1.78. The van der Waals surface area contributed by atoms with Crippen molar-refractivity contribution in [2.75, 3.05) is 26.7 Å². The molecule has 3 rings (SSSR count). The number of carbonyl (C=O) groups excluding carboxylic acids is 2. The number of aromatic nitrogens is 2. The SMILES string of the molecule is CN=C(NCCn1ccnc1)N1CCC(C2(C)NC(=O)NC2=O)CC1.I. The lowest BCUT2D eigenvalue weighted by Gasteiger charge is -2.39. The number of guanidine groups is 1. The summed E-state index contributed by atoms with van der Waals surface area (Å²) in [6.07, 6.45) is 7.13. The summed E-state index contributed by atoms with van der Waals surface area (Å²) in [6.45, 7) is 4.99. The number of urea groups is 1. The highest BCUT2D eigenvalue weighted by atomic mass is 127. The normalized spacial score (nSPS) is 24.1. The van der Waals surface area contributed by atoms with Crippen LogP contribution in [-0.2, 0) is 11.3 Å². The second-order valence-corrected chi connectivity index (χ2v) is 6.65. The molecule has 9 nitrogen and oxygen atoms in total. The highest BCUT2D eigenvalue weighted by Crippen LogP contribution is 2.30. The molecule has 1 unspecified atom stereocenters. The number of imide groups is 1. The summed E-state index contributed by atoms with van der Waals surface area (Å²) < 4.78 is 2.01. The molecule has 0 radical (unpaired) electrons. The van der Waals surface area contributed by atoms with Crippen LogP contribution in [0, 0.1) is 5.92 Å². The number of carbonyl (C=O) groups is 2. The first-order valence-electron chi connectivity index (χ1n) is 8.58. The summed E-state index contributed by atoms with van der Waals surface area (Å²) in [5.74, 6) is 0.765. The average molecular weight is 475 g/mol. The van der Waals surface area contributed by atoms with Gasteiger partial charge in [0.05, 0.1) is 6.33 Å². The Kier molecular flexibility index (Phi) is 6.84. The number of aliphatic imine (C=N–C) groups is 1. The Morgan fingerprint density at radius 2 is 2.15 bits per heavy atom. The van der Waals surface area contributed by atoms with Gasteiger partial charge in [-0.05, 0) is 25.7 Å². The molecule has 0 aliphatic carbocycles. The lowest BCUT2D eigenvalue weighted by Crippen LogP contribution is -2.55. The van der Waals surface area contributed by atoms with E-state index in [1.165, 1.54) is 0 Å². The summed E-state index contributed by atoms with van der Waals surface area (Å²) in [6, 6.07) is -0.396. The molecule has 0 bridgehead atoms. The Morgan fingerprint density at radius 3 is 2.69 bits per heavy atom. The van der Waals surface area contributed by atoms with Gasteiger partial charge in [0.15, 0.2) is 5.96 Å². The van der Waals surface area contributed by atoms with Gasteiger partial charge in [0, 0.05) is 45.6 Å². The van der Waals surface area contributed by atoms with Gasteiger partial charge in [-0.15, -0.1) is 24.0 Å². The van der Waals surface area contributed by atoms with Crippen molar-refractivity contribution in [3.63, 3.8) is 0 Å². The van der Waals surface area contributed by atoms with E-state index < -0.39 is 11.6 Å². The quantitative estimate of drug-likeness (QED) is 0.253. The molecule has 2 fully saturated rings. The van der Waals surface area contributed by atoms with E-state index in [9.17, 15) is 9.59 Å². The molecule has 0 aromatic carbocycles. The number of halogens is 1. The van der Waals surface area contributed by atoms with Crippen LogP contribution in [0.2, 0.25) is 0 Å². The van der Waals surface area contributed by atoms with Crippen molar-refractivity contribution in [2.24, 2.45) is 10.9 Å². The van der Waals surface area contributed by atoms with Gasteiger partial charge < -0.3 is 20.1 Å². The van der Waals surface area contributed by atoms with Crippen molar-refractivity contribution < 1.29 is 9.59 Å². The van der Waals surface area contributed by atoms with Crippen molar-refractivity contribution in [1.29, 1.82) is 0 Å². The number of nitrogens with one attached hydrogen (secondary N) is 3. The van der Waals surface area contributed by atoms with Crippen LogP contribution in [0.4, 0.5) is 4.79 Å². The number of nitrogens with zero attached hydrogens (tertiary/aromatic N) is 4. The molecule has 0 spiro atoms. The largest absolute Gasteiger partial charge is 0.354 e. The fourth-order valence-corrected chi connectivity index (χ4v) is 3.56. The van der Waals surface area contributed by atoms with E-state index in [1.807, 2.05) is 17.7 Å². The zero-order chi connectivity index (χ0) is 17.9. The molecule has 3 N–H and O–H groups in total. The van der Waals surface area contributed by atoms with E-state index in [2.05, 4.69) is 30.8 Å². The van der Waals surface area contributed by atoms with Gasteiger partial charge in [-0.3, -0.25) is 15.1 Å². The lowest BCUT2D eigenvalue weighted by molar-refractivity contribution is -0.125. The standard InChI is InChI=1S/C16H25N7O2.HI/c1-16(13(24)20-15(25)21-16)12-3-7-23(8-4-12)14(17-2)19-6-10-22-9-5-18-11-22;/h5,9,11-12H,3-4,6-8,10H2,1-2H3,(H,17,19)(H2,20,21,24,25);1H. The van der Waals surface area contributed by atoms with E-state index in [4.69, 9.17) is 0 Å². The topological polar surface area (TPSA) is 104 Å². The van der Waals surface area contributed by atoms with Gasteiger partial charge >= 0.3 is 6.03 Å². The number of imidazole rings is 1. The molecule has 3 amide bonds.